The number of carbonyl (C=O) groups excluding carboxylic acids is 1. The molecule has 0 unspecified atom stereocenters. The number of hydrogen-bond acceptors (Lipinski definition) is 4. The Morgan fingerprint density at radius 2 is 1.88 bits per heavy atom. The highest BCUT2D eigenvalue weighted by Crippen LogP contribution is 2.26. The van der Waals surface area contributed by atoms with Crippen LogP contribution in [0.15, 0.2) is 42.5 Å². The molecule has 0 atom stereocenters. The molecule has 1 N–H and O–H groups in total. The number of aromatic nitrogens is 3. The fourth-order valence-corrected chi connectivity index (χ4v) is 2.24. The predicted octanol–water partition coefficient (Wildman–Crippen LogP) is 4.15. The minimum absolute atomic E-state index is 0.00332. The predicted molar refractivity (Wildman–Crippen MR) is 86.0 cm³/mol. The van der Waals surface area contributed by atoms with Crippen LogP contribution in [0.2, 0.25) is 5.02 Å². The van der Waals surface area contributed by atoms with E-state index in [1.165, 1.54) is 17.7 Å². The first kappa shape index (κ1) is 16.1. The van der Waals surface area contributed by atoms with Gasteiger partial charge in [0.25, 0.3) is 0 Å². The summed E-state index contributed by atoms with van der Waals surface area (Å²) in [5.74, 6) is -1.67. The smallest absolute Gasteiger partial charge is 0.183 e. The van der Waals surface area contributed by atoms with Gasteiger partial charge in [-0.15, -0.1) is 5.10 Å². The maximum Gasteiger partial charge on any atom is 0.183 e. The molecule has 0 aliphatic heterocycles. The number of halogens is 3. The Bertz CT molecular complexity index is 909. The Hall–Kier alpha value is -2.80. The van der Waals surface area contributed by atoms with Crippen molar-refractivity contribution in [1.29, 1.82) is 0 Å². The first-order valence-electron chi connectivity index (χ1n) is 6.90. The lowest BCUT2D eigenvalue weighted by Gasteiger charge is -2.11. The Morgan fingerprint density at radius 1 is 1.17 bits per heavy atom. The molecule has 8 heteroatoms. The van der Waals surface area contributed by atoms with Gasteiger partial charge < -0.3 is 5.32 Å². The topological polar surface area (TPSA) is 59.8 Å². The molecule has 1 aromatic heterocycles. The van der Waals surface area contributed by atoms with Crippen LogP contribution in [0.3, 0.4) is 0 Å². The standard InChI is InChI=1S/C16H11ClF2N4O/c1-9(24)15-16(20-14-7-4-11(18)8-13(14)19)23(22-21-15)12-5-2-10(17)3-6-12/h2-8,20H,1H3. The van der Waals surface area contributed by atoms with Crippen LogP contribution in [0.25, 0.3) is 5.69 Å². The van der Waals surface area contributed by atoms with Gasteiger partial charge in [0.2, 0.25) is 0 Å². The number of carbonyl (C=O) groups is 1. The molecule has 0 aliphatic carbocycles. The van der Waals surface area contributed by atoms with Gasteiger partial charge in [0, 0.05) is 18.0 Å². The second-order valence-electron chi connectivity index (χ2n) is 4.98. The Kier molecular flexibility index (Phi) is 4.26. The van der Waals surface area contributed by atoms with Crippen molar-refractivity contribution in [1.82, 2.24) is 15.0 Å². The van der Waals surface area contributed by atoms with E-state index in [-0.39, 0.29) is 23.0 Å². The van der Waals surface area contributed by atoms with Gasteiger partial charge in [0.1, 0.15) is 11.6 Å². The number of rotatable bonds is 4. The summed E-state index contributed by atoms with van der Waals surface area (Å²) < 4.78 is 28.3. The lowest BCUT2D eigenvalue weighted by molar-refractivity contribution is 0.101. The number of benzene rings is 2. The van der Waals surface area contributed by atoms with E-state index in [1.54, 1.807) is 24.3 Å². The number of anilines is 2. The van der Waals surface area contributed by atoms with Crippen molar-refractivity contribution < 1.29 is 13.6 Å². The molecule has 2 aromatic carbocycles. The average Bonchev–Trinajstić information content (AvgIpc) is 2.95. The zero-order valence-corrected chi connectivity index (χ0v) is 13.2. The molecule has 3 aromatic rings. The largest absolute Gasteiger partial charge is 0.336 e. The third-order valence-corrected chi connectivity index (χ3v) is 3.51. The third kappa shape index (κ3) is 3.11. The molecule has 24 heavy (non-hydrogen) atoms. The lowest BCUT2D eigenvalue weighted by atomic mass is 10.2. The van der Waals surface area contributed by atoms with Gasteiger partial charge in [-0.05, 0) is 36.4 Å². The zero-order valence-electron chi connectivity index (χ0n) is 12.4. The van der Waals surface area contributed by atoms with Crippen LogP contribution in [0.4, 0.5) is 20.3 Å². The second-order valence-corrected chi connectivity index (χ2v) is 5.42. The summed E-state index contributed by atoms with van der Waals surface area (Å²) in [6, 6.07) is 9.72. The number of nitrogens with zero attached hydrogens (tertiary/aromatic N) is 3. The van der Waals surface area contributed by atoms with Crippen molar-refractivity contribution >= 4 is 28.9 Å². The van der Waals surface area contributed by atoms with Crippen LogP contribution in [-0.4, -0.2) is 20.8 Å². The molecule has 0 bridgehead atoms. The maximum absolute atomic E-state index is 13.9. The van der Waals surface area contributed by atoms with E-state index in [9.17, 15) is 13.6 Å². The van der Waals surface area contributed by atoms with Gasteiger partial charge in [-0.1, -0.05) is 16.8 Å². The monoisotopic (exact) mass is 348 g/mol. The Morgan fingerprint density at radius 3 is 2.50 bits per heavy atom. The first-order chi connectivity index (χ1) is 11.5. The normalized spacial score (nSPS) is 10.7. The van der Waals surface area contributed by atoms with Crippen LogP contribution in [0.5, 0.6) is 0 Å². The van der Waals surface area contributed by atoms with Crippen molar-refractivity contribution in [2.75, 3.05) is 5.32 Å². The van der Waals surface area contributed by atoms with E-state index in [2.05, 4.69) is 15.6 Å². The van der Waals surface area contributed by atoms with Crippen LogP contribution in [0.1, 0.15) is 17.4 Å². The minimum Gasteiger partial charge on any atom is -0.336 e. The summed E-state index contributed by atoms with van der Waals surface area (Å²) in [5.41, 5.74) is 0.606. The van der Waals surface area contributed by atoms with E-state index in [1.807, 2.05) is 0 Å². The zero-order chi connectivity index (χ0) is 17.3. The van der Waals surface area contributed by atoms with Crippen LogP contribution in [0, 0.1) is 11.6 Å². The molecule has 0 radical (unpaired) electrons. The molecular formula is C16H11ClF2N4O. The minimum atomic E-state index is -0.798. The molecule has 122 valence electrons. The van der Waals surface area contributed by atoms with E-state index < -0.39 is 11.6 Å². The molecule has 0 amide bonds. The van der Waals surface area contributed by atoms with Crippen molar-refractivity contribution in [2.45, 2.75) is 6.92 Å². The first-order valence-corrected chi connectivity index (χ1v) is 7.28. The lowest BCUT2D eigenvalue weighted by Crippen LogP contribution is -2.06. The van der Waals surface area contributed by atoms with Gasteiger partial charge in [-0.2, -0.15) is 4.68 Å². The van der Waals surface area contributed by atoms with Gasteiger partial charge in [-0.25, -0.2) is 8.78 Å². The SMILES string of the molecule is CC(=O)c1nnn(-c2ccc(Cl)cc2)c1Nc1ccc(F)cc1F. The Balaban J connectivity index is 2.09. The summed E-state index contributed by atoms with van der Waals surface area (Å²) >= 11 is 5.86. The molecule has 5 nitrogen and oxygen atoms in total. The second kappa shape index (κ2) is 6.37. The fourth-order valence-electron chi connectivity index (χ4n) is 2.11. The Labute approximate surface area is 140 Å². The van der Waals surface area contributed by atoms with E-state index >= 15 is 0 Å². The number of nitrogens with one attached hydrogen (secondary N) is 1. The highest BCUT2D eigenvalue weighted by molar-refractivity contribution is 6.30. The summed E-state index contributed by atoms with van der Waals surface area (Å²) in [7, 11) is 0. The van der Waals surface area contributed by atoms with Gasteiger partial charge in [0.15, 0.2) is 17.3 Å². The van der Waals surface area contributed by atoms with Gasteiger partial charge in [0.05, 0.1) is 11.4 Å². The fraction of sp³-hybridized carbons (Fsp3) is 0.0625. The summed E-state index contributed by atoms with van der Waals surface area (Å²) in [6.45, 7) is 1.32. The molecule has 0 fully saturated rings. The van der Waals surface area contributed by atoms with Gasteiger partial charge >= 0.3 is 0 Å². The van der Waals surface area contributed by atoms with Crippen LogP contribution < -0.4 is 5.32 Å². The number of Topliss-reactive ketones (excluding diaryl/α,β-unsaturated/α-hetero) is 1. The molecule has 0 saturated heterocycles. The molecule has 1 heterocycles. The highest BCUT2D eigenvalue weighted by Gasteiger charge is 2.19. The highest BCUT2D eigenvalue weighted by atomic mass is 35.5. The summed E-state index contributed by atoms with van der Waals surface area (Å²) in [4.78, 5) is 11.8. The summed E-state index contributed by atoms with van der Waals surface area (Å²) in [6.07, 6.45) is 0. The van der Waals surface area contributed by atoms with Crippen molar-refractivity contribution in [3.05, 3.63) is 64.8 Å². The van der Waals surface area contributed by atoms with Crippen molar-refractivity contribution in [3.8, 4) is 5.69 Å². The van der Waals surface area contributed by atoms with E-state index in [0.29, 0.717) is 10.7 Å². The third-order valence-electron chi connectivity index (χ3n) is 3.26. The molecule has 0 aliphatic rings. The van der Waals surface area contributed by atoms with Gasteiger partial charge in [-0.3, -0.25) is 4.79 Å². The summed E-state index contributed by atoms with van der Waals surface area (Å²) in [5, 5.41) is 11.0. The quantitative estimate of drug-likeness (QED) is 0.720. The van der Waals surface area contributed by atoms with Crippen molar-refractivity contribution in [2.24, 2.45) is 0 Å². The molecular weight excluding hydrogens is 338 g/mol. The molecule has 3 rings (SSSR count). The van der Waals surface area contributed by atoms with E-state index in [4.69, 9.17) is 11.6 Å². The number of ketones is 1. The molecule has 0 spiro atoms. The van der Waals surface area contributed by atoms with E-state index in [0.717, 1.165) is 12.1 Å². The maximum atomic E-state index is 13.9. The van der Waals surface area contributed by atoms with Crippen LogP contribution in [-0.2, 0) is 0 Å². The van der Waals surface area contributed by atoms with Crippen LogP contribution >= 0.6 is 11.6 Å². The number of hydrogen-bond donors (Lipinski definition) is 1. The van der Waals surface area contributed by atoms with Crippen molar-refractivity contribution in [3.63, 3.8) is 0 Å². The molecule has 0 saturated carbocycles. The average molecular weight is 349 g/mol.